The van der Waals surface area contributed by atoms with Gasteiger partial charge in [-0.1, -0.05) is 83.2 Å². The van der Waals surface area contributed by atoms with E-state index in [1.54, 1.807) is 0 Å². The molecular formula is C17H32S3. The molecule has 0 fully saturated rings. The predicted molar refractivity (Wildman–Crippen MR) is 104 cm³/mol. The first-order chi connectivity index (χ1) is 9.81. The lowest BCUT2D eigenvalue weighted by Gasteiger charge is -2.00. The number of rotatable bonds is 13. The van der Waals surface area contributed by atoms with Crippen molar-refractivity contribution in [2.24, 2.45) is 0 Å². The minimum absolute atomic E-state index is 1.05. The molecule has 118 valence electrons. The molecule has 0 aliphatic heterocycles. The molecule has 0 heterocycles. The summed E-state index contributed by atoms with van der Waals surface area (Å²) in [5, 5.41) is 0. The van der Waals surface area contributed by atoms with Gasteiger partial charge in [-0.15, -0.1) is 23.5 Å². The van der Waals surface area contributed by atoms with Crippen LogP contribution >= 0.6 is 35.7 Å². The van der Waals surface area contributed by atoms with E-state index in [1.807, 2.05) is 23.5 Å². The van der Waals surface area contributed by atoms with Crippen LogP contribution in [0.15, 0.2) is 12.2 Å². The molecule has 0 aromatic rings. The van der Waals surface area contributed by atoms with Gasteiger partial charge < -0.3 is 0 Å². The molecule has 0 nitrogen and oxygen atoms in total. The molecule has 0 N–H and O–H groups in total. The molecular weight excluding hydrogens is 300 g/mol. The van der Waals surface area contributed by atoms with Gasteiger partial charge in [0.25, 0.3) is 0 Å². The van der Waals surface area contributed by atoms with Crippen LogP contribution in [0.1, 0.15) is 78.1 Å². The van der Waals surface area contributed by atoms with Crippen LogP contribution in [0.25, 0.3) is 0 Å². The maximum absolute atomic E-state index is 5.33. The molecule has 0 bridgehead atoms. The van der Waals surface area contributed by atoms with E-state index in [1.165, 1.54) is 70.0 Å². The third-order valence-electron chi connectivity index (χ3n) is 3.16. The van der Waals surface area contributed by atoms with Gasteiger partial charge in [-0.3, -0.25) is 0 Å². The quantitative estimate of drug-likeness (QED) is 0.198. The van der Waals surface area contributed by atoms with Crippen LogP contribution in [-0.2, 0) is 0 Å². The zero-order valence-electron chi connectivity index (χ0n) is 13.4. The number of hydrogen-bond donors (Lipinski definition) is 0. The Morgan fingerprint density at radius 2 is 1.45 bits per heavy atom. The first kappa shape index (κ1) is 20.5. The Kier molecular flexibility index (Phi) is 18.0. The number of unbranched alkanes of at least 4 members (excludes halogenated alkanes) is 8. The van der Waals surface area contributed by atoms with Gasteiger partial charge in [-0.25, -0.2) is 0 Å². The maximum Gasteiger partial charge on any atom is 0.104 e. The minimum atomic E-state index is 1.05. The van der Waals surface area contributed by atoms with Crippen LogP contribution in [0.5, 0.6) is 0 Å². The highest BCUT2D eigenvalue weighted by Gasteiger charge is 1.96. The molecule has 0 amide bonds. The van der Waals surface area contributed by atoms with E-state index < -0.39 is 0 Å². The maximum atomic E-state index is 5.33. The Morgan fingerprint density at radius 3 is 2.15 bits per heavy atom. The lowest BCUT2D eigenvalue weighted by atomic mass is 10.1. The van der Waals surface area contributed by atoms with Crippen molar-refractivity contribution in [3.8, 4) is 0 Å². The van der Waals surface area contributed by atoms with Gasteiger partial charge in [-0.2, -0.15) is 0 Å². The van der Waals surface area contributed by atoms with Gasteiger partial charge in [0.05, 0.1) is 0 Å². The summed E-state index contributed by atoms with van der Waals surface area (Å²) in [5.41, 5.74) is 0. The molecule has 0 aliphatic carbocycles. The second-order valence-electron chi connectivity index (χ2n) is 5.14. The fourth-order valence-electron chi connectivity index (χ4n) is 1.86. The average molecular weight is 333 g/mol. The van der Waals surface area contributed by atoms with Crippen molar-refractivity contribution in [3.63, 3.8) is 0 Å². The van der Waals surface area contributed by atoms with Gasteiger partial charge in [0, 0.05) is 5.75 Å². The first-order valence-electron chi connectivity index (χ1n) is 8.25. The van der Waals surface area contributed by atoms with Crippen molar-refractivity contribution >= 4 is 39.3 Å². The summed E-state index contributed by atoms with van der Waals surface area (Å²) in [6.45, 7) is 4.50. The van der Waals surface area contributed by atoms with Crippen molar-refractivity contribution < 1.29 is 0 Å². The van der Waals surface area contributed by atoms with Crippen LogP contribution < -0.4 is 0 Å². The van der Waals surface area contributed by atoms with E-state index >= 15 is 0 Å². The molecule has 0 aliphatic rings. The minimum Gasteiger partial charge on any atom is -0.108 e. The summed E-state index contributed by atoms with van der Waals surface area (Å²) in [7, 11) is 0. The number of thioether (sulfide) groups is 2. The van der Waals surface area contributed by atoms with Gasteiger partial charge >= 0.3 is 0 Å². The lowest BCUT2D eigenvalue weighted by molar-refractivity contribution is 0.592. The Morgan fingerprint density at radius 1 is 0.800 bits per heavy atom. The molecule has 0 aromatic heterocycles. The predicted octanol–water partition coefficient (Wildman–Crippen LogP) is 7.23. The highest BCUT2D eigenvalue weighted by molar-refractivity contribution is 8.47. The molecule has 0 unspecified atom stereocenters. The van der Waals surface area contributed by atoms with Crippen LogP contribution in [0.2, 0.25) is 0 Å². The van der Waals surface area contributed by atoms with Gasteiger partial charge in [0.1, 0.15) is 3.53 Å². The molecule has 0 aromatic carbocycles. The smallest absolute Gasteiger partial charge is 0.104 e. The van der Waals surface area contributed by atoms with Crippen molar-refractivity contribution in [1.82, 2.24) is 0 Å². The highest BCUT2D eigenvalue weighted by atomic mass is 32.2. The Bertz CT molecular complexity index is 236. The average Bonchev–Trinajstić information content (AvgIpc) is 2.45. The normalized spacial score (nSPS) is 11.3. The van der Waals surface area contributed by atoms with Crippen LogP contribution in [0.4, 0.5) is 0 Å². The van der Waals surface area contributed by atoms with Crippen molar-refractivity contribution in [2.75, 3.05) is 11.5 Å². The van der Waals surface area contributed by atoms with E-state index in [9.17, 15) is 0 Å². The van der Waals surface area contributed by atoms with E-state index in [2.05, 4.69) is 26.0 Å². The number of allylic oxidation sites excluding steroid dienone is 1. The van der Waals surface area contributed by atoms with E-state index in [0.29, 0.717) is 0 Å². The summed E-state index contributed by atoms with van der Waals surface area (Å²) >= 11 is 8.98. The molecule has 20 heavy (non-hydrogen) atoms. The van der Waals surface area contributed by atoms with Crippen molar-refractivity contribution in [2.45, 2.75) is 78.1 Å². The monoisotopic (exact) mass is 332 g/mol. The Hall–Kier alpha value is 0.530. The highest BCUT2D eigenvalue weighted by Crippen LogP contribution is 2.18. The summed E-state index contributed by atoms with van der Waals surface area (Å²) in [4.78, 5) is 0. The topological polar surface area (TPSA) is 0 Å². The Balaban J connectivity index is 3.21. The fraction of sp³-hybridized carbons (Fsp3) is 0.824. The van der Waals surface area contributed by atoms with Crippen LogP contribution in [0.3, 0.4) is 0 Å². The number of thiocarbonyl (C=S) groups is 1. The van der Waals surface area contributed by atoms with Crippen LogP contribution in [0, 0.1) is 0 Å². The summed E-state index contributed by atoms with van der Waals surface area (Å²) in [6.07, 6.45) is 18.2. The molecule has 0 saturated carbocycles. The van der Waals surface area contributed by atoms with Crippen molar-refractivity contribution in [3.05, 3.63) is 12.2 Å². The largest absolute Gasteiger partial charge is 0.108 e. The van der Waals surface area contributed by atoms with Gasteiger partial charge in [0.2, 0.25) is 0 Å². The van der Waals surface area contributed by atoms with Crippen LogP contribution in [-0.4, -0.2) is 15.0 Å². The SMILES string of the molecule is CCCCCCCCCC=CCSC(=S)SCCCC. The van der Waals surface area contributed by atoms with Gasteiger partial charge in [0.15, 0.2) is 0 Å². The standard InChI is InChI=1S/C17H32S3/c1-3-5-7-8-9-10-11-12-13-14-16-20-17(18)19-15-6-4-2/h13-14H,3-12,15-16H2,1-2H3. The Labute approximate surface area is 140 Å². The third-order valence-corrected chi connectivity index (χ3v) is 5.89. The lowest BCUT2D eigenvalue weighted by Crippen LogP contribution is -1.85. The zero-order valence-corrected chi connectivity index (χ0v) is 15.8. The second kappa shape index (κ2) is 17.6. The van der Waals surface area contributed by atoms with Crippen molar-refractivity contribution in [1.29, 1.82) is 0 Å². The summed E-state index contributed by atoms with van der Waals surface area (Å²) < 4.78 is 1.11. The zero-order chi connectivity index (χ0) is 14.9. The van der Waals surface area contributed by atoms with E-state index in [4.69, 9.17) is 12.2 Å². The third kappa shape index (κ3) is 16.6. The second-order valence-corrected chi connectivity index (χ2v) is 8.46. The molecule has 0 atom stereocenters. The van der Waals surface area contributed by atoms with E-state index in [0.717, 1.165) is 9.28 Å². The molecule has 0 rings (SSSR count). The molecule has 0 radical (unpaired) electrons. The molecule has 3 heteroatoms. The molecule has 0 saturated heterocycles. The summed E-state index contributed by atoms with van der Waals surface area (Å²) in [6, 6.07) is 0. The molecule has 0 spiro atoms. The first-order valence-corrected chi connectivity index (χ1v) is 10.6. The fourth-order valence-corrected chi connectivity index (χ4v) is 4.07. The summed E-state index contributed by atoms with van der Waals surface area (Å²) in [5.74, 6) is 2.23. The van der Waals surface area contributed by atoms with E-state index in [-0.39, 0.29) is 0 Å². The van der Waals surface area contributed by atoms with Gasteiger partial charge in [-0.05, 0) is 25.0 Å². The number of hydrogen-bond acceptors (Lipinski definition) is 3.